The number of fused-ring (bicyclic) bond motifs is 1. The molecule has 0 aliphatic rings. The van der Waals surface area contributed by atoms with Crippen LogP contribution in [0.2, 0.25) is 0 Å². The van der Waals surface area contributed by atoms with Crippen LogP contribution in [0.25, 0.3) is 5.65 Å². The van der Waals surface area contributed by atoms with Crippen molar-refractivity contribution in [3.8, 4) is 0 Å². The van der Waals surface area contributed by atoms with Gasteiger partial charge in [-0.25, -0.2) is 13.1 Å². The summed E-state index contributed by atoms with van der Waals surface area (Å²) in [4.78, 5) is 2.08. The van der Waals surface area contributed by atoms with Crippen molar-refractivity contribution in [3.05, 3.63) is 46.0 Å². The summed E-state index contributed by atoms with van der Waals surface area (Å²) in [5.41, 5.74) is 0.686. The maximum absolute atomic E-state index is 12.5. The molecule has 8 heteroatoms. The van der Waals surface area contributed by atoms with Crippen molar-refractivity contribution in [3.63, 3.8) is 0 Å². The number of nitrogens with one attached hydrogen (secondary N) is 1. The summed E-state index contributed by atoms with van der Waals surface area (Å²) in [5, 5.41) is 8.13. The Labute approximate surface area is 132 Å². The van der Waals surface area contributed by atoms with Gasteiger partial charge in [-0.05, 0) is 39.0 Å². The standard InChI is InChI=1S/C14H16N4O2S2/c1-9-8-12(11(3)21-9)22(19,20)17-10(2)14-16-15-13-6-4-5-7-18(13)14/h4-8,10,17H,1-3H3. The van der Waals surface area contributed by atoms with Crippen LogP contribution in [0.15, 0.2) is 35.4 Å². The number of aryl methyl sites for hydroxylation is 2. The first-order chi connectivity index (χ1) is 10.4. The molecule has 0 radical (unpaired) electrons. The first kappa shape index (κ1) is 15.1. The molecule has 3 aromatic rings. The lowest BCUT2D eigenvalue weighted by Gasteiger charge is -2.12. The van der Waals surface area contributed by atoms with E-state index in [1.165, 1.54) is 11.3 Å². The summed E-state index contributed by atoms with van der Waals surface area (Å²) in [6.45, 7) is 5.46. The molecule has 0 aliphatic carbocycles. The maximum Gasteiger partial charge on any atom is 0.242 e. The summed E-state index contributed by atoms with van der Waals surface area (Å²) in [6, 6.07) is 6.75. The largest absolute Gasteiger partial charge is 0.285 e. The second kappa shape index (κ2) is 5.45. The lowest BCUT2D eigenvalue weighted by molar-refractivity contribution is 0.558. The molecule has 0 aliphatic heterocycles. The fraction of sp³-hybridized carbons (Fsp3) is 0.286. The second-order valence-electron chi connectivity index (χ2n) is 5.11. The third kappa shape index (κ3) is 2.65. The molecule has 116 valence electrons. The Balaban J connectivity index is 1.93. The van der Waals surface area contributed by atoms with Crippen LogP contribution >= 0.6 is 11.3 Å². The number of hydrogen-bond donors (Lipinski definition) is 1. The topological polar surface area (TPSA) is 76.4 Å². The van der Waals surface area contributed by atoms with Crippen molar-refractivity contribution in [2.24, 2.45) is 0 Å². The van der Waals surface area contributed by atoms with Gasteiger partial charge in [-0.1, -0.05) is 6.07 Å². The zero-order chi connectivity index (χ0) is 15.9. The Bertz CT molecular complexity index is 927. The van der Waals surface area contributed by atoms with Crippen LogP contribution in [0, 0.1) is 13.8 Å². The molecule has 0 aromatic carbocycles. The van der Waals surface area contributed by atoms with Crippen molar-refractivity contribution in [2.75, 3.05) is 0 Å². The van der Waals surface area contributed by atoms with Gasteiger partial charge in [-0.3, -0.25) is 4.40 Å². The van der Waals surface area contributed by atoms with Gasteiger partial charge in [0.1, 0.15) is 0 Å². The fourth-order valence-corrected chi connectivity index (χ4v) is 5.13. The minimum Gasteiger partial charge on any atom is -0.285 e. The Kier molecular flexibility index (Phi) is 3.75. The van der Waals surface area contributed by atoms with Gasteiger partial charge in [-0.2, -0.15) is 0 Å². The number of pyridine rings is 1. The van der Waals surface area contributed by atoms with Crippen LogP contribution in [-0.2, 0) is 10.0 Å². The smallest absolute Gasteiger partial charge is 0.242 e. The SMILES string of the molecule is Cc1cc(S(=O)(=O)NC(C)c2nnc3ccccn23)c(C)s1. The molecule has 22 heavy (non-hydrogen) atoms. The summed E-state index contributed by atoms with van der Waals surface area (Å²) < 4.78 is 29.5. The van der Waals surface area contributed by atoms with E-state index in [0.717, 1.165) is 9.75 Å². The van der Waals surface area contributed by atoms with Gasteiger partial charge in [0, 0.05) is 16.0 Å². The van der Waals surface area contributed by atoms with E-state index in [1.54, 1.807) is 17.4 Å². The lowest BCUT2D eigenvalue weighted by atomic mass is 10.3. The summed E-state index contributed by atoms with van der Waals surface area (Å²) >= 11 is 1.47. The third-order valence-corrected chi connectivity index (χ3v) is 6.11. The first-order valence-electron chi connectivity index (χ1n) is 6.77. The molecule has 1 unspecified atom stereocenters. The van der Waals surface area contributed by atoms with Crippen LogP contribution in [-0.4, -0.2) is 23.0 Å². The van der Waals surface area contributed by atoms with Crippen molar-refractivity contribution in [1.82, 2.24) is 19.3 Å². The van der Waals surface area contributed by atoms with Gasteiger partial charge >= 0.3 is 0 Å². The molecule has 0 bridgehead atoms. The van der Waals surface area contributed by atoms with Gasteiger partial charge < -0.3 is 0 Å². The zero-order valence-corrected chi connectivity index (χ0v) is 14.1. The van der Waals surface area contributed by atoms with Crippen molar-refractivity contribution in [1.29, 1.82) is 0 Å². The van der Waals surface area contributed by atoms with Crippen LogP contribution in [0.5, 0.6) is 0 Å². The highest BCUT2D eigenvalue weighted by molar-refractivity contribution is 7.89. The van der Waals surface area contributed by atoms with E-state index in [4.69, 9.17) is 0 Å². The highest BCUT2D eigenvalue weighted by Gasteiger charge is 2.24. The number of hydrogen-bond acceptors (Lipinski definition) is 5. The fourth-order valence-electron chi connectivity index (χ4n) is 2.38. The molecule has 3 rings (SSSR count). The molecular formula is C14H16N4O2S2. The van der Waals surface area contributed by atoms with Crippen LogP contribution in [0.3, 0.4) is 0 Å². The first-order valence-corrected chi connectivity index (χ1v) is 9.07. The Morgan fingerprint density at radius 2 is 2.05 bits per heavy atom. The summed E-state index contributed by atoms with van der Waals surface area (Å²) in [5.74, 6) is 0.559. The number of nitrogens with zero attached hydrogens (tertiary/aromatic N) is 3. The summed E-state index contributed by atoms with van der Waals surface area (Å²) in [7, 11) is -3.58. The average Bonchev–Trinajstić information content (AvgIpc) is 3.01. The molecule has 0 spiro atoms. The van der Waals surface area contributed by atoms with E-state index in [-0.39, 0.29) is 0 Å². The Hall–Kier alpha value is -1.77. The van der Waals surface area contributed by atoms with Gasteiger partial charge in [0.05, 0.1) is 10.9 Å². The molecule has 0 saturated heterocycles. The number of thiophene rings is 1. The van der Waals surface area contributed by atoms with E-state index in [1.807, 2.05) is 38.2 Å². The quantitative estimate of drug-likeness (QED) is 0.794. The monoisotopic (exact) mass is 336 g/mol. The number of sulfonamides is 1. The van der Waals surface area contributed by atoms with Crippen molar-refractivity contribution < 1.29 is 8.42 Å². The van der Waals surface area contributed by atoms with E-state index in [0.29, 0.717) is 16.4 Å². The molecule has 0 fully saturated rings. The van der Waals surface area contributed by atoms with Gasteiger partial charge in [-0.15, -0.1) is 21.5 Å². The minimum atomic E-state index is -3.58. The van der Waals surface area contributed by atoms with Gasteiger partial charge in [0.15, 0.2) is 11.5 Å². The van der Waals surface area contributed by atoms with E-state index >= 15 is 0 Å². The highest BCUT2D eigenvalue weighted by Crippen LogP contribution is 2.26. The van der Waals surface area contributed by atoms with Gasteiger partial charge in [0.2, 0.25) is 10.0 Å². The maximum atomic E-state index is 12.5. The Morgan fingerprint density at radius 3 is 2.73 bits per heavy atom. The minimum absolute atomic E-state index is 0.329. The zero-order valence-electron chi connectivity index (χ0n) is 12.4. The van der Waals surface area contributed by atoms with Crippen LogP contribution in [0.1, 0.15) is 28.5 Å². The molecular weight excluding hydrogens is 320 g/mol. The number of rotatable bonds is 4. The number of aromatic nitrogens is 3. The van der Waals surface area contributed by atoms with E-state index in [2.05, 4.69) is 14.9 Å². The van der Waals surface area contributed by atoms with Crippen LogP contribution in [0.4, 0.5) is 0 Å². The third-order valence-electron chi connectivity index (χ3n) is 3.34. The highest BCUT2D eigenvalue weighted by atomic mass is 32.2. The molecule has 0 amide bonds. The molecule has 3 heterocycles. The van der Waals surface area contributed by atoms with E-state index in [9.17, 15) is 8.42 Å². The van der Waals surface area contributed by atoms with Crippen molar-refractivity contribution >= 4 is 27.0 Å². The van der Waals surface area contributed by atoms with Crippen LogP contribution < -0.4 is 4.72 Å². The predicted octanol–water partition coefficient (Wildman–Crippen LogP) is 2.45. The molecule has 3 aromatic heterocycles. The average molecular weight is 336 g/mol. The molecule has 6 nitrogen and oxygen atoms in total. The molecule has 1 N–H and O–H groups in total. The normalized spacial score (nSPS) is 13.6. The second-order valence-corrected chi connectivity index (χ2v) is 8.25. The molecule has 0 saturated carbocycles. The molecule has 1 atom stereocenters. The summed E-state index contributed by atoms with van der Waals surface area (Å²) in [6.07, 6.45) is 1.81. The van der Waals surface area contributed by atoms with E-state index < -0.39 is 16.1 Å². The lowest BCUT2D eigenvalue weighted by Crippen LogP contribution is -2.28. The van der Waals surface area contributed by atoms with Crippen molar-refractivity contribution in [2.45, 2.75) is 31.7 Å². The predicted molar refractivity (Wildman–Crippen MR) is 85.5 cm³/mol. The van der Waals surface area contributed by atoms with Gasteiger partial charge in [0.25, 0.3) is 0 Å². The Morgan fingerprint density at radius 1 is 1.27 bits per heavy atom.